The summed E-state index contributed by atoms with van der Waals surface area (Å²) in [5.41, 5.74) is 12.2. The molecule has 10 N–H and O–H groups in total. The molecule has 0 spiro atoms. The van der Waals surface area contributed by atoms with Crippen LogP contribution in [0.3, 0.4) is 0 Å². The number of aromatic nitrogens is 1. The average molecular weight is 561 g/mol. The maximum absolute atomic E-state index is 13.2. The summed E-state index contributed by atoms with van der Waals surface area (Å²) in [4.78, 5) is 76.0. The topological polar surface area (TPSA) is 247 Å². The van der Waals surface area contributed by atoms with Gasteiger partial charge >= 0.3 is 11.9 Å². The summed E-state index contributed by atoms with van der Waals surface area (Å²) in [6, 6.07) is 1.91. The minimum atomic E-state index is -1.59. The highest BCUT2D eigenvalue weighted by molar-refractivity contribution is 5.96. The monoisotopic (exact) mass is 560 g/mol. The molecule has 0 fully saturated rings. The quantitative estimate of drug-likeness (QED) is 0.130. The van der Waals surface area contributed by atoms with Gasteiger partial charge in [-0.25, -0.2) is 4.79 Å². The molecule has 0 aliphatic heterocycles. The lowest BCUT2D eigenvalue weighted by atomic mass is 10.0. The lowest BCUT2D eigenvalue weighted by Gasteiger charge is -2.25. The fraction of sp³-hybridized carbons (Fsp3) is 0.462. The van der Waals surface area contributed by atoms with Crippen molar-refractivity contribution in [3.63, 3.8) is 0 Å². The molecular formula is C26H36N6O8. The Morgan fingerprint density at radius 2 is 1.50 bits per heavy atom. The molecule has 4 atom stereocenters. The Hall–Kier alpha value is -4.46. The van der Waals surface area contributed by atoms with E-state index in [1.54, 1.807) is 26.1 Å². The number of carbonyl (C=O) groups excluding carboxylic acids is 4. The first kappa shape index (κ1) is 31.8. The highest BCUT2D eigenvalue weighted by Gasteiger charge is 2.32. The zero-order chi connectivity index (χ0) is 30.0. The molecule has 2 rings (SSSR count). The van der Waals surface area contributed by atoms with Gasteiger partial charge in [-0.15, -0.1) is 0 Å². The molecule has 14 nitrogen and oxygen atoms in total. The Morgan fingerprint density at radius 1 is 0.900 bits per heavy atom. The van der Waals surface area contributed by atoms with E-state index in [9.17, 15) is 39.0 Å². The smallest absolute Gasteiger partial charge is 0.326 e. The van der Waals surface area contributed by atoms with Crippen LogP contribution in [0.2, 0.25) is 0 Å². The van der Waals surface area contributed by atoms with Crippen molar-refractivity contribution in [1.29, 1.82) is 0 Å². The second-order valence-corrected chi connectivity index (χ2v) is 9.92. The number of hydrogen-bond acceptors (Lipinski definition) is 7. The van der Waals surface area contributed by atoms with Crippen LogP contribution in [0.4, 0.5) is 0 Å². The number of aliphatic carboxylic acids is 2. The van der Waals surface area contributed by atoms with Crippen LogP contribution in [0.15, 0.2) is 30.5 Å². The minimum absolute atomic E-state index is 0.0334. The van der Waals surface area contributed by atoms with Gasteiger partial charge in [-0.1, -0.05) is 32.0 Å². The minimum Gasteiger partial charge on any atom is -0.481 e. The molecule has 40 heavy (non-hydrogen) atoms. The van der Waals surface area contributed by atoms with Gasteiger partial charge in [-0.3, -0.25) is 24.0 Å². The Balaban J connectivity index is 2.17. The molecule has 4 amide bonds. The van der Waals surface area contributed by atoms with E-state index in [0.29, 0.717) is 5.56 Å². The summed E-state index contributed by atoms with van der Waals surface area (Å²) in [6.45, 7) is 3.56. The largest absolute Gasteiger partial charge is 0.481 e. The first-order valence-electron chi connectivity index (χ1n) is 12.7. The number of aromatic amines is 1. The average Bonchev–Trinajstić information content (AvgIpc) is 3.28. The zero-order valence-electron chi connectivity index (χ0n) is 22.3. The first-order valence-corrected chi connectivity index (χ1v) is 12.7. The number of carboxylic acid groups (broad SMARTS) is 2. The summed E-state index contributed by atoms with van der Waals surface area (Å²) in [5, 5.41) is 27.0. The molecule has 0 saturated heterocycles. The van der Waals surface area contributed by atoms with Gasteiger partial charge in [0.15, 0.2) is 0 Å². The predicted octanol–water partition coefficient (Wildman–Crippen LogP) is -0.637. The number of primary amides is 1. The van der Waals surface area contributed by atoms with E-state index in [4.69, 9.17) is 11.5 Å². The van der Waals surface area contributed by atoms with Crippen molar-refractivity contribution in [2.75, 3.05) is 0 Å². The number of benzene rings is 1. The van der Waals surface area contributed by atoms with Crippen molar-refractivity contribution in [1.82, 2.24) is 20.9 Å². The third-order valence-corrected chi connectivity index (χ3v) is 6.10. The summed E-state index contributed by atoms with van der Waals surface area (Å²) < 4.78 is 0. The lowest BCUT2D eigenvalue weighted by molar-refractivity contribution is -0.143. The van der Waals surface area contributed by atoms with Crippen molar-refractivity contribution in [2.45, 2.75) is 70.1 Å². The molecule has 0 aliphatic carbocycles. The predicted molar refractivity (Wildman–Crippen MR) is 144 cm³/mol. The van der Waals surface area contributed by atoms with E-state index in [-0.39, 0.29) is 31.6 Å². The molecule has 1 heterocycles. The third-order valence-electron chi connectivity index (χ3n) is 6.10. The van der Waals surface area contributed by atoms with Crippen LogP contribution in [0, 0.1) is 5.92 Å². The zero-order valence-corrected chi connectivity index (χ0v) is 22.3. The van der Waals surface area contributed by atoms with E-state index >= 15 is 0 Å². The van der Waals surface area contributed by atoms with Gasteiger partial charge in [0, 0.05) is 29.9 Å². The van der Waals surface area contributed by atoms with Gasteiger partial charge in [0.05, 0.1) is 12.5 Å². The fourth-order valence-electron chi connectivity index (χ4n) is 4.06. The third kappa shape index (κ3) is 9.69. The number of para-hydroxylation sites is 1. The second kappa shape index (κ2) is 14.6. The number of amides is 4. The van der Waals surface area contributed by atoms with E-state index in [1.807, 2.05) is 18.2 Å². The lowest BCUT2D eigenvalue weighted by Crippen LogP contribution is -2.58. The van der Waals surface area contributed by atoms with Gasteiger partial charge in [0.2, 0.25) is 23.6 Å². The summed E-state index contributed by atoms with van der Waals surface area (Å²) >= 11 is 0. The van der Waals surface area contributed by atoms with Crippen LogP contribution < -0.4 is 27.4 Å². The van der Waals surface area contributed by atoms with Gasteiger partial charge in [-0.2, -0.15) is 0 Å². The number of rotatable bonds is 16. The number of fused-ring (bicyclic) bond motifs is 1. The second-order valence-electron chi connectivity index (χ2n) is 9.92. The SMILES string of the molecule is CC(C)CC(NC(=O)C(CC(=O)O)NC(=O)C(N)CCC(N)=O)C(=O)NC(Cc1c[nH]c2ccccc12)C(=O)O. The Morgan fingerprint density at radius 3 is 2.10 bits per heavy atom. The van der Waals surface area contributed by atoms with Gasteiger partial charge < -0.3 is 42.6 Å². The normalized spacial score (nSPS) is 14.1. The van der Waals surface area contributed by atoms with Crippen LogP contribution in [-0.2, 0) is 35.2 Å². The van der Waals surface area contributed by atoms with E-state index in [0.717, 1.165) is 10.9 Å². The standard InChI is InChI=1S/C26H36N6O8/c1-13(2)9-18(31-25(38)19(11-22(34)35)30-23(36)16(27)7-8-21(28)33)24(37)32-20(26(39)40)10-14-12-29-17-6-4-3-5-15(14)17/h3-6,12-13,16,18-20,29H,7-11,27H2,1-2H3,(H2,28,33)(H,30,36)(H,31,38)(H,32,37)(H,34,35)(H,39,40). The highest BCUT2D eigenvalue weighted by Crippen LogP contribution is 2.19. The molecule has 1 aromatic carbocycles. The molecule has 2 aromatic rings. The van der Waals surface area contributed by atoms with Crippen LogP contribution >= 0.6 is 0 Å². The molecule has 1 aromatic heterocycles. The van der Waals surface area contributed by atoms with Crippen molar-refractivity contribution in [2.24, 2.45) is 17.4 Å². The van der Waals surface area contributed by atoms with Crippen LogP contribution in [0.25, 0.3) is 10.9 Å². The number of nitrogens with two attached hydrogens (primary N) is 2. The van der Waals surface area contributed by atoms with Crippen molar-refractivity contribution >= 4 is 46.5 Å². The van der Waals surface area contributed by atoms with Crippen molar-refractivity contribution in [3.05, 3.63) is 36.0 Å². The van der Waals surface area contributed by atoms with Gasteiger partial charge in [0.1, 0.15) is 18.1 Å². The van der Waals surface area contributed by atoms with Crippen LogP contribution in [-0.4, -0.2) is 74.9 Å². The van der Waals surface area contributed by atoms with E-state index in [1.165, 1.54) is 0 Å². The molecule has 218 valence electrons. The molecule has 0 bridgehead atoms. The van der Waals surface area contributed by atoms with E-state index in [2.05, 4.69) is 20.9 Å². The Kier molecular flexibility index (Phi) is 11.6. The maximum Gasteiger partial charge on any atom is 0.326 e. The maximum atomic E-state index is 13.2. The van der Waals surface area contributed by atoms with E-state index < -0.39 is 66.2 Å². The molecular weight excluding hydrogens is 524 g/mol. The Labute approximate surface area is 230 Å². The van der Waals surface area contributed by atoms with Crippen LogP contribution in [0.1, 0.15) is 45.1 Å². The van der Waals surface area contributed by atoms with Gasteiger partial charge in [0.25, 0.3) is 0 Å². The molecule has 0 radical (unpaired) electrons. The number of hydrogen-bond donors (Lipinski definition) is 8. The Bertz CT molecular complexity index is 1240. The molecule has 14 heteroatoms. The molecule has 0 aliphatic rings. The summed E-state index contributed by atoms with van der Waals surface area (Å²) in [6.07, 6.45) is 0.608. The number of carboxylic acids is 2. The number of H-pyrrole nitrogens is 1. The molecule has 0 saturated carbocycles. The number of carbonyl (C=O) groups is 6. The fourth-order valence-corrected chi connectivity index (χ4v) is 4.06. The summed E-state index contributed by atoms with van der Waals surface area (Å²) in [5.74, 6) is -6.13. The van der Waals surface area contributed by atoms with Crippen LogP contribution in [0.5, 0.6) is 0 Å². The summed E-state index contributed by atoms with van der Waals surface area (Å²) in [7, 11) is 0. The number of nitrogens with one attached hydrogen (secondary N) is 4. The van der Waals surface area contributed by atoms with Crippen molar-refractivity contribution < 1.29 is 39.0 Å². The molecule has 4 unspecified atom stereocenters. The highest BCUT2D eigenvalue weighted by atomic mass is 16.4. The van der Waals surface area contributed by atoms with Gasteiger partial charge in [-0.05, 0) is 30.4 Å². The first-order chi connectivity index (χ1) is 18.8. The van der Waals surface area contributed by atoms with Crippen molar-refractivity contribution in [3.8, 4) is 0 Å².